The molecule has 0 unspecified atom stereocenters. The van der Waals surface area contributed by atoms with Gasteiger partial charge in [-0.1, -0.05) is 42.5 Å². The summed E-state index contributed by atoms with van der Waals surface area (Å²) in [6, 6.07) is 16.6. The molecule has 1 N–H and O–H groups in total. The summed E-state index contributed by atoms with van der Waals surface area (Å²) >= 11 is 0. The van der Waals surface area contributed by atoms with Crippen LogP contribution in [0.3, 0.4) is 0 Å². The minimum absolute atomic E-state index is 0.00412. The molecular weight excluding hydrogens is 336 g/mol. The van der Waals surface area contributed by atoms with Crippen LogP contribution in [-0.2, 0) is 11.3 Å². The van der Waals surface area contributed by atoms with Gasteiger partial charge in [-0.3, -0.25) is 9.69 Å². The van der Waals surface area contributed by atoms with Crippen LogP contribution < -0.4 is 10.1 Å². The third-order valence-electron chi connectivity index (χ3n) is 5.49. The van der Waals surface area contributed by atoms with Crippen molar-refractivity contribution in [1.82, 2.24) is 10.2 Å². The first-order valence-electron chi connectivity index (χ1n) is 9.78. The van der Waals surface area contributed by atoms with E-state index in [4.69, 9.17) is 4.74 Å². The predicted octanol–water partition coefficient (Wildman–Crippen LogP) is 4.09. The molecule has 3 rings (SSSR count). The summed E-state index contributed by atoms with van der Waals surface area (Å²) in [7, 11) is 1.68. The van der Waals surface area contributed by atoms with E-state index in [0.29, 0.717) is 0 Å². The van der Waals surface area contributed by atoms with Crippen molar-refractivity contribution >= 4 is 5.91 Å². The molecule has 1 amide bonds. The van der Waals surface area contributed by atoms with Crippen molar-refractivity contribution in [2.24, 2.45) is 5.92 Å². The molecule has 0 radical (unpaired) electrons. The number of aryl methyl sites for hydroxylation is 1. The SMILES string of the molecule is COc1ccc([C@H](C)NC(=O)C2CCN(Cc3ccccc3)CC2)cc1C. The van der Waals surface area contributed by atoms with Crippen LogP contribution >= 0.6 is 0 Å². The molecule has 1 fully saturated rings. The fraction of sp³-hybridized carbons (Fsp3) is 0.435. The summed E-state index contributed by atoms with van der Waals surface area (Å²) in [6.07, 6.45) is 1.85. The van der Waals surface area contributed by atoms with Crippen LogP contribution in [0.15, 0.2) is 48.5 Å². The minimum Gasteiger partial charge on any atom is -0.496 e. The third kappa shape index (κ3) is 5.10. The highest BCUT2D eigenvalue weighted by Crippen LogP contribution is 2.24. The van der Waals surface area contributed by atoms with Crippen LogP contribution in [0.2, 0.25) is 0 Å². The van der Waals surface area contributed by atoms with E-state index < -0.39 is 0 Å². The van der Waals surface area contributed by atoms with E-state index >= 15 is 0 Å². The number of benzene rings is 2. The molecule has 0 aromatic heterocycles. The molecule has 0 aliphatic carbocycles. The van der Waals surface area contributed by atoms with Gasteiger partial charge in [0.2, 0.25) is 5.91 Å². The number of amides is 1. The second kappa shape index (κ2) is 9.05. The minimum atomic E-state index is 0.00412. The van der Waals surface area contributed by atoms with Gasteiger partial charge in [0.25, 0.3) is 0 Å². The van der Waals surface area contributed by atoms with Gasteiger partial charge in [-0.15, -0.1) is 0 Å². The topological polar surface area (TPSA) is 41.6 Å². The second-order valence-electron chi connectivity index (χ2n) is 7.50. The molecule has 4 heteroatoms. The van der Waals surface area contributed by atoms with Crippen molar-refractivity contribution in [2.45, 2.75) is 39.3 Å². The van der Waals surface area contributed by atoms with Crippen LogP contribution in [0.4, 0.5) is 0 Å². The summed E-state index contributed by atoms with van der Waals surface area (Å²) in [5, 5.41) is 3.20. The smallest absolute Gasteiger partial charge is 0.223 e. The van der Waals surface area contributed by atoms with E-state index in [1.54, 1.807) is 7.11 Å². The van der Waals surface area contributed by atoms with Crippen LogP contribution in [0.1, 0.15) is 42.5 Å². The fourth-order valence-corrected chi connectivity index (χ4v) is 3.78. The molecule has 1 aliphatic heterocycles. The van der Waals surface area contributed by atoms with Gasteiger partial charge in [-0.2, -0.15) is 0 Å². The number of nitrogens with one attached hydrogen (secondary N) is 1. The van der Waals surface area contributed by atoms with Crippen molar-refractivity contribution < 1.29 is 9.53 Å². The zero-order valence-corrected chi connectivity index (χ0v) is 16.6. The van der Waals surface area contributed by atoms with Crippen LogP contribution in [0.25, 0.3) is 0 Å². The Morgan fingerprint density at radius 2 is 1.89 bits per heavy atom. The van der Waals surface area contributed by atoms with Gasteiger partial charge in [0.1, 0.15) is 5.75 Å². The lowest BCUT2D eigenvalue weighted by Gasteiger charge is -2.32. The van der Waals surface area contributed by atoms with Crippen molar-refractivity contribution in [2.75, 3.05) is 20.2 Å². The first kappa shape index (κ1) is 19.4. The highest BCUT2D eigenvalue weighted by Gasteiger charge is 2.26. The molecule has 0 saturated carbocycles. The summed E-state index contributed by atoms with van der Waals surface area (Å²) in [4.78, 5) is 15.1. The quantitative estimate of drug-likeness (QED) is 0.837. The number of hydrogen-bond acceptors (Lipinski definition) is 3. The summed E-state index contributed by atoms with van der Waals surface area (Å²) < 4.78 is 5.32. The normalized spacial score (nSPS) is 16.7. The van der Waals surface area contributed by atoms with E-state index in [2.05, 4.69) is 40.5 Å². The fourth-order valence-electron chi connectivity index (χ4n) is 3.78. The molecule has 4 nitrogen and oxygen atoms in total. The number of piperidine rings is 1. The number of carbonyl (C=O) groups excluding carboxylic acids is 1. The first-order valence-corrected chi connectivity index (χ1v) is 9.78. The number of methoxy groups -OCH3 is 1. The Bertz CT molecular complexity index is 752. The Hall–Kier alpha value is -2.33. The Morgan fingerprint density at radius 3 is 2.52 bits per heavy atom. The van der Waals surface area contributed by atoms with E-state index in [0.717, 1.165) is 49.4 Å². The van der Waals surface area contributed by atoms with E-state index in [-0.39, 0.29) is 17.9 Å². The summed E-state index contributed by atoms with van der Waals surface area (Å²) in [5.41, 5.74) is 3.54. The number of carbonyl (C=O) groups is 1. The lowest BCUT2D eigenvalue weighted by atomic mass is 9.94. The Kier molecular flexibility index (Phi) is 6.51. The van der Waals surface area contributed by atoms with E-state index in [1.165, 1.54) is 5.56 Å². The highest BCUT2D eigenvalue weighted by molar-refractivity contribution is 5.79. The molecule has 1 aliphatic rings. The van der Waals surface area contributed by atoms with E-state index in [9.17, 15) is 4.79 Å². The number of nitrogens with zero attached hydrogens (tertiary/aromatic N) is 1. The number of likely N-dealkylation sites (tertiary alicyclic amines) is 1. The number of rotatable bonds is 6. The second-order valence-corrected chi connectivity index (χ2v) is 7.50. The van der Waals surface area contributed by atoms with Crippen LogP contribution in [-0.4, -0.2) is 31.0 Å². The monoisotopic (exact) mass is 366 g/mol. The standard InChI is InChI=1S/C23H30N2O2/c1-17-15-21(9-10-22(17)27-3)18(2)24-23(26)20-11-13-25(14-12-20)16-19-7-5-4-6-8-19/h4-10,15,18,20H,11-14,16H2,1-3H3,(H,24,26)/t18-/m0/s1. The van der Waals surface area contributed by atoms with Gasteiger partial charge < -0.3 is 10.1 Å². The predicted molar refractivity (Wildman–Crippen MR) is 109 cm³/mol. The van der Waals surface area contributed by atoms with Gasteiger partial charge >= 0.3 is 0 Å². The first-order chi connectivity index (χ1) is 13.1. The highest BCUT2D eigenvalue weighted by atomic mass is 16.5. The van der Waals surface area contributed by atoms with Gasteiger partial charge in [0.05, 0.1) is 13.2 Å². The largest absolute Gasteiger partial charge is 0.496 e. The maximum absolute atomic E-state index is 12.7. The maximum atomic E-state index is 12.7. The van der Waals surface area contributed by atoms with Crippen molar-refractivity contribution in [3.05, 3.63) is 65.2 Å². The molecule has 1 atom stereocenters. The molecule has 144 valence electrons. The maximum Gasteiger partial charge on any atom is 0.223 e. The van der Waals surface area contributed by atoms with Gasteiger partial charge in [0.15, 0.2) is 0 Å². The van der Waals surface area contributed by atoms with Crippen LogP contribution in [0, 0.1) is 12.8 Å². The molecule has 1 heterocycles. The average molecular weight is 367 g/mol. The van der Waals surface area contributed by atoms with E-state index in [1.807, 2.05) is 32.0 Å². The summed E-state index contributed by atoms with van der Waals surface area (Å²) in [6.45, 7) is 6.99. The zero-order chi connectivity index (χ0) is 19.2. The Balaban J connectivity index is 1.49. The van der Waals surface area contributed by atoms with Crippen molar-refractivity contribution in [3.63, 3.8) is 0 Å². The van der Waals surface area contributed by atoms with Crippen molar-refractivity contribution in [3.8, 4) is 5.75 Å². The lowest BCUT2D eigenvalue weighted by molar-refractivity contribution is -0.127. The lowest BCUT2D eigenvalue weighted by Crippen LogP contribution is -2.40. The molecule has 27 heavy (non-hydrogen) atoms. The summed E-state index contributed by atoms with van der Waals surface area (Å²) in [5.74, 6) is 1.16. The average Bonchev–Trinajstić information content (AvgIpc) is 2.69. The van der Waals surface area contributed by atoms with Gasteiger partial charge in [-0.05, 0) is 62.5 Å². The molecular formula is C23H30N2O2. The Labute approximate surface area is 162 Å². The molecule has 0 spiro atoms. The molecule has 0 bridgehead atoms. The number of hydrogen-bond donors (Lipinski definition) is 1. The van der Waals surface area contributed by atoms with Crippen LogP contribution in [0.5, 0.6) is 5.75 Å². The molecule has 2 aromatic rings. The zero-order valence-electron chi connectivity index (χ0n) is 16.6. The molecule has 1 saturated heterocycles. The molecule has 2 aromatic carbocycles. The third-order valence-corrected chi connectivity index (χ3v) is 5.49. The number of ether oxygens (including phenoxy) is 1. The van der Waals surface area contributed by atoms with Gasteiger partial charge in [-0.25, -0.2) is 0 Å². The Morgan fingerprint density at radius 1 is 1.19 bits per heavy atom. The van der Waals surface area contributed by atoms with Crippen molar-refractivity contribution in [1.29, 1.82) is 0 Å². The van der Waals surface area contributed by atoms with Gasteiger partial charge in [0, 0.05) is 12.5 Å².